The maximum absolute atomic E-state index is 11.8. The number of rotatable bonds is 3. The Morgan fingerprint density at radius 2 is 2.06 bits per heavy atom. The normalized spacial score (nSPS) is 10.2. The van der Waals surface area contributed by atoms with Gasteiger partial charge < -0.3 is 10.1 Å². The average Bonchev–Trinajstić information content (AvgIpc) is 2.59. The number of hydrogen-bond acceptors (Lipinski definition) is 4. The zero-order valence-corrected chi connectivity index (χ0v) is 9.90. The van der Waals surface area contributed by atoms with Gasteiger partial charge in [0, 0.05) is 6.42 Å². The van der Waals surface area contributed by atoms with Crippen molar-refractivity contribution in [3.63, 3.8) is 0 Å². The van der Waals surface area contributed by atoms with Gasteiger partial charge in [0.15, 0.2) is 9.74 Å². The van der Waals surface area contributed by atoms with Crippen molar-refractivity contribution in [1.29, 1.82) is 0 Å². The Bertz CT molecular complexity index is 557. The second-order valence-corrected chi connectivity index (χ2v) is 4.97. The Kier molecular flexibility index (Phi) is 3.17. The van der Waals surface area contributed by atoms with Crippen LogP contribution in [0.3, 0.4) is 0 Å². The summed E-state index contributed by atoms with van der Waals surface area (Å²) in [6.07, 6.45) is 0.275. The lowest BCUT2D eigenvalue weighted by Crippen LogP contribution is -2.01. The van der Waals surface area contributed by atoms with Gasteiger partial charge in [-0.2, -0.15) is 0 Å². The van der Waals surface area contributed by atoms with Crippen LogP contribution < -0.4 is 0 Å². The molecule has 0 aliphatic rings. The number of benzene rings is 1. The molecule has 0 amide bonds. The van der Waals surface area contributed by atoms with Crippen LogP contribution in [0, 0.1) is 3.95 Å². The summed E-state index contributed by atoms with van der Waals surface area (Å²) in [5.41, 5.74) is 0.922. The van der Waals surface area contributed by atoms with Crippen LogP contribution in [-0.2, 0) is 6.42 Å². The molecular formula is C11H9NO2S2. The van der Waals surface area contributed by atoms with Crippen molar-refractivity contribution in [3.8, 4) is 5.88 Å². The molecule has 2 aromatic rings. The summed E-state index contributed by atoms with van der Waals surface area (Å²) in [5.74, 6) is -0.253. The first-order valence-corrected chi connectivity index (χ1v) is 5.88. The zero-order valence-electron chi connectivity index (χ0n) is 8.27. The molecule has 1 heterocycles. The van der Waals surface area contributed by atoms with Gasteiger partial charge in [-0.25, -0.2) is 0 Å². The predicted molar refractivity (Wildman–Crippen MR) is 65.6 cm³/mol. The Morgan fingerprint density at radius 1 is 1.38 bits per heavy atom. The van der Waals surface area contributed by atoms with Crippen LogP contribution in [0.25, 0.3) is 0 Å². The van der Waals surface area contributed by atoms with Crippen LogP contribution in [0.5, 0.6) is 5.88 Å². The van der Waals surface area contributed by atoms with E-state index >= 15 is 0 Å². The van der Waals surface area contributed by atoms with E-state index in [2.05, 4.69) is 4.98 Å². The molecular weight excluding hydrogens is 242 g/mol. The molecule has 82 valence electrons. The molecule has 1 aromatic heterocycles. The molecule has 0 saturated heterocycles. The summed E-state index contributed by atoms with van der Waals surface area (Å²) in [5, 5.41) is 9.45. The molecule has 0 radical (unpaired) electrons. The standard InChI is InChI=1S/C11H9NO2S2/c13-8(6-7-4-2-1-3-5-7)9-10(14)12-11(15)16-9/h1-5,14H,6H2,(H,12,15). The van der Waals surface area contributed by atoms with Gasteiger partial charge in [0.1, 0.15) is 4.88 Å². The van der Waals surface area contributed by atoms with Gasteiger partial charge in [0.25, 0.3) is 0 Å². The third-order valence-corrected chi connectivity index (χ3v) is 3.36. The number of aromatic hydroxyl groups is 1. The van der Waals surface area contributed by atoms with Gasteiger partial charge in [0.2, 0.25) is 5.88 Å². The number of Topliss-reactive ketones (excluding diaryl/α,β-unsaturated/α-hetero) is 1. The highest BCUT2D eigenvalue weighted by Gasteiger charge is 2.14. The molecule has 0 aliphatic carbocycles. The van der Waals surface area contributed by atoms with E-state index in [9.17, 15) is 9.90 Å². The summed E-state index contributed by atoms with van der Waals surface area (Å²) in [4.78, 5) is 14.7. The molecule has 0 saturated carbocycles. The first-order valence-electron chi connectivity index (χ1n) is 4.66. The van der Waals surface area contributed by atoms with Crippen LogP contribution in [0.1, 0.15) is 15.2 Å². The highest BCUT2D eigenvalue weighted by molar-refractivity contribution is 7.73. The van der Waals surface area contributed by atoms with Gasteiger partial charge in [0.05, 0.1) is 0 Å². The summed E-state index contributed by atoms with van der Waals surface area (Å²) < 4.78 is 0.411. The van der Waals surface area contributed by atoms with E-state index in [4.69, 9.17) is 12.2 Å². The van der Waals surface area contributed by atoms with E-state index < -0.39 is 0 Å². The lowest BCUT2D eigenvalue weighted by molar-refractivity contribution is 0.0994. The van der Waals surface area contributed by atoms with Gasteiger partial charge in [-0.15, -0.1) is 0 Å². The van der Waals surface area contributed by atoms with E-state index in [0.717, 1.165) is 16.9 Å². The van der Waals surface area contributed by atoms with Crippen molar-refractivity contribution in [2.75, 3.05) is 0 Å². The summed E-state index contributed by atoms with van der Waals surface area (Å²) in [6.45, 7) is 0. The molecule has 1 aromatic carbocycles. The van der Waals surface area contributed by atoms with E-state index in [0.29, 0.717) is 8.83 Å². The van der Waals surface area contributed by atoms with Crippen molar-refractivity contribution < 1.29 is 9.90 Å². The van der Waals surface area contributed by atoms with Gasteiger partial charge in [-0.1, -0.05) is 41.7 Å². The molecule has 3 nitrogen and oxygen atoms in total. The van der Waals surface area contributed by atoms with Crippen LogP contribution in [-0.4, -0.2) is 15.9 Å². The smallest absolute Gasteiger partial charge is 0.211 e. The van der Waals surface area contributed by atoms with Crippen LogP contribution in [0.2, 0.25) is 0 Å². The van der Waals surface area contributed by atoms with Crippen molar-refractivity contribution in [2.45, 2.75) is 6.42 Å². The monoisotopic (exact) mass is 251 g/mol. The lowest BCUT2D eigenvalue weighted by Gasteiger charge is -1.98. The maximum Gasteiger partial charge on any atom is 0.211 e. The number of thiazole rings is 1. The van der Waals surface area contributed by atoms with Gasteiger partial charge in [-0.3, -0.25) is 4.79 Å². The Morgan fingerprint density at radius 3 is 2.62 bits per heavy atom. The molecule has 0 fully saturated rings. The molecule has 16 heavy (non-hydrogen) atoms. The summed E-state index contributed by atoms with van der Waals surface area (Å²) in [7, 11) is 0. The molecule has 2 N–H and O–H groups in total. The molecule has 0 atom stereocenters. The topological polar surface area (TPSA) is 53.1 Å². The predicted octanol–water partition coefficient (Wildman–Crippen LogP) is 2.94. The first kappa shape index (κ1) is 11.0. The molecule has 0 bridgehead atoms. The van der Waals surface area contributed by atoms with E-state index in [-0.39, 0.29) is 18.1 Å². The van der Waals surface area contributed by atoms with Gasteiger partial charge >= 0.3 is 0 Å². The third-order valence-electron chi connectivity index (χ3n) is 2.09. The van der Waals surface area contributed by atoms with Crippen LogP contribution >= 0.6 is 23.6 Å². The third kappa shape index (κ3) is 2.37. The number of hydrogen-bond donors (Lipinski definition) is 2. The summed E-state index contributed by atoms with van der Waals surface area (Å²) >= 11 is 5.96. The van der Waals surface area contributed by atoms with E-state index in [1.165, 1.54) is 0 Å². The fourth-order valence-electron chi connectivity index (χ4n) is 1.37. The fraction of sp³-hybridized carbons (Fsp3) is 0.0909. The largest absolute Gasteiger partial charge is 0.493 e. The maximum atomic E-state index is 11.8. The Balaban J connectivity index is 2.21. The molecule has 5 heteroatoms. The van der Waals surface area contributed by atoms with Crippen LogP contribution in [0.4, 0.5) is 0 Å². The number of H-pyrrole nitrogens is 1. The second kappa shape index (κ2) is 4.59. The van der Waals surface area contributed by atoms with Crippen molar-refractivity contribution in [2.24, 2.45) is 0 Å². The second-order valence-electron chi connectivity index (χ2n) is 3.28. The Labute approximate surface area is 101 Å². The zero-order chi connectivity index (χ0) is 11.5. The number of carbonyl (C=O) groups is 1. The Hall–Kier alpha value is -1.46. The average molecular weight is 251 g/mol. The minimum absolute atomic E-state index is 0.124. The van der Waals surface area contributed by atoms with Crippen LogP contribution in [0.15, 0.2) is 30.3 Å². The minimum atomic E-state index is -0.129. The molecule has 0 spiro atoms. The number of ketones is 1. The number of carbonyl (C=O) groups excluding carboxylic acids is 1. The fourth-order valence-corrected chi connectivity index (χ4v) is 2.38. The quantitative estimate of drug-likeness (QED) is 0.651. The number of aromatic amines is 1. The molecule has 0 aliphatic heterocycles. The molecule has 0 unspecified atom stereocenters. The van der Waals surface area contributed by atoms with Crippen molar-refractivity contribution in [3.05, 3.63) is 44.7 Å². The highest BCUT2D eigenvalue weighted by atomic mass is 32.1. The summed E-state index contributed by atoms with van der Waals surface area (Å²) in [6, 6.07) is 9.40. The number of aromatic nitrogens is 1. The van der Waals surface area contributed by atoms with Gasteiger partial charge in [-0.05, 0) is 17.8 Å². The SMILES string of the molecule is O=C(Cc1ccccc1)c1sc(=S)[nH]c1O. The first-order chi connectivity index (χ1) is 7.66. The van der Waals surface area contributed by atoms with E-state index in [1.807, 2.05) is 30.3 Å². The highest BCUT2D eigenvalue weighted by Crippen LogP contribution is 2.23. The number of nitrogens with one attached hydrogen (secondary N) is 1. The minimum Gasteiger partial charge on any atom is -0.493 e. The molecule has 2 rings (SSSR count). The van der Waals surface area contributed by atoms with Crippen molar-refractivity contribution >= 4 is 29.3 Å². The van der Waals surface area contributed by atoms with Crippen molar-refractivity contribution in [1.82, 2.24) is 4.98 Å². The lowest BCUT2D eigenvalue weighted by atomic mass is 10.1. The van der Waals surface area contributed by atoms with E-state index in [1.54, 1.807) is 0 Å².